The van der Waals surface area contributed by atoms with Gasteiger partial charge in [-0.25, -0.2) is 0 Å². The van der Waals surface area contributed by atoms with Crippen LogP contribution in [0.5, 0.6) is 0 Å². The SMILES string of the molecule is CC(C)C(O)CN1CCSSCC1. The molecule has 0 aromatic carbocycles. The highest BCUT2D eigenvalue weighted by atomic mass is 33.1. The van der Waals surface area contributed by atoms with E-state index in [1.54, 1.807) is 0 Å². The summed E-state index contributed by atoms with van der Waals surface area (Å²) in [6.45, 7) is 7.25. The Labute approximate surface area is 88.9 Å². The highest BCUT2D eigenvalue weighted by molar-refractivity contribution is 8.76. The molecular weight excluding hydrogens is 202 g/mol. The molecule has 4 heteroatoms. The van der Waals surface area contributed by atoms with Crippen molar-refractivity contribution in [2.45, 2.75) is 20.0 Å². The Morgan fingerprint density at radius 2 is 1.77 bits per heavy atom. The van der Waals surface area contributed by atoms with E-state index in [2.05, 4.69) is 18.7 Å². The molecule has 2 nitrogen and oxygen atoms in total. The minimum atomic E-state index is -0.159. The van der Waals surface area contributed by atoms with Gasteiger partial charge in [-0.05, 0) is 5.92 Å². The number of hydrogen-bond donors (Lipinski definition) is 1. The lowest BCUT2D eigenvalue weighted by atomic mass is 10.1. The van der Waals surface area contributed by atoms with Gasteiger partial charge in [-0.3, -0.25) is 4.90 Å². The molecule has 13 heavy (non-hydrogen) atoms. The van der Waals surface area contributed by atoms with Crippen LogP contribution in [0.25, 0.3) is 0 Å². The van der Waals surface area contributed by atoms with Crippen molar-refractivity contribution in [2.24, 2.45) is 5.92 Å². The Balaban J connectivity index is 2.25. The van der Waals surface area contributed by atoms with Gasteiger partial charge in [0, 0.05) is 31.1 Å². The predicted octanol–water partition coefficient (Wildman–Crippen LogP) is 1.70. The summed E-state index contributed by atoms with van der Waals surface area (Å²) < 4.78 is 0. The average molecular weight is 221 g/mol. The fourth-order valence-corrected chi connectivity index (χ4v) is 3.28. The quantitative estimate of drug-likeness (QED) is 0.733. The van der Waals surface area contributed by atoms with Crippen LogP contribution in [0.3, 0.4) is 0 Å². The molecule has 0 aromatic rings. The van der Waals surface area contributed by atoms with Gasteiger partial charge in [0.25, 0.3) is 0 Å². The van der Waals surface area contributed by atoms with Crippen molar-refractivity contribution in [2.75, 3.05) is 31.1 Å². The van der Waals surface area contributed by atoms with E-state index in [1.165, 1.54) is 11.5 Å². The molecule has 1 unspecified atom stereocenters. The average Bonchev–Trinajstić information content (AvgIpc) is 2.32. The summed E-state index contributed by atoms with van der Waals surface area (Å²) in [5.41, 5.74) is 0. The van der Waals surface area contributed by atoms with Crippen LogP contribution in [0, 0.1) is 5.92 Å². The third-order valence-electron chi connectivity index (χ3n) is 2.28. The maximum absolute atomic E-state index is 9.72. The van der Waals surface area contributed by atoms with E-state index in [0.29, 0.717) is 5.92 Å². The summed E-state index contributed by atoms with van der Waals surface area (Å²) in [7, 11) is 3.90. The first-order valence-electron chi connectivity index (χ1n) is 4.85. The zero-order valence-corrected chi connectivity index (χ0v) is 10.0. The second kappa shape index (κ2) is 6.17. The van der Waals surface area contributed by atoms with Gasteiger partial charge in [-0.15, -0.1) is 0 Å². The molecule has 78 valence electrons. The summed E-state index contributed by atoms with van der Waals surface area (Å²) in [4.78, 5) is 2.37. The minimum absolute atomic E-state index is 0.159. The first-order chi connectivity index (χ1) is 6.20. The van der Waals surface area contributed by atoms with Crippen LogP contribution >= 0.6 is 21.6 Å². The van der Waals surface area contributed by atoms with Gasteiger partial charge in [0.05, 0.1) is 6.10 Å². The Morgan fingerprint density at radius 1 is 1.23 bits per heavy atom. The lowest BCUT2D eigenvalue weighted by Gasteiger charge is -2.24. The minimum Gasteiger partial charge on any atom is -0.392 e. The molecule has 1 heterocycles. The van der Waals surface area contributed by atoms with Gasteiger partial charge < -0.3 is 5.11 Å². The van der Waals surface area contributed by atoms with Crippen LogP contribution in [0.15, 0.2) is 0 Å². The van der Waals surface area contributed by atoms with Gasteiger partial charge in [-0.1, -0.05) is 35.4 Å². The number of nitrogens with zero attached hydrogens (tertiary/aromatic N) is 1. The molecule has 0 spiro atoms. The Kier molecular flexibility index (Phi) is 5.55. The van der Waals surface area contributed by atoms with Crippen LogP contribution in [0.2, 0.25) is 0 Å². The second-order valence-corrected chi connectivity index (χ2v) is 6.46. The van der Waals surface area contributed by atoms with Gasteiger partial charge in [0.1, 0.15) is 0 Å². The number of aliphatic hydroxyl groups excluding tert-OH is 1. The van der Waals surface area contributed by atoms with E-state index in [4.69, 9.17) is 0 Å². The van der Waals surface area contributed by atoms with Crippen molar-refractivity contribution in [3.8, 4) is 0 Å². The zero-order valence-electron chi connectivity index (χ0n) is 8.40. The highest BCUT2D eigenvalue weighted by Crippen LogP contribution is 2.24. The lowest BCUT2D eigenvalue weighted by Crippen LogP contribution is -2.37. The normalized spacial score (nSPS) is 23.1. The Hall–Kier alpha value is 0.620. The molecule has 1 rings (SSSR count). The van der Waals surface area contributed by atoms with Crippen molar-refractivity contribution in [3.05, 3.63) is 0 Å². The zero-order chi connectivity index (χ0) is 9.68. The summed E-state index contributed by atoms with van der Waals surface area (Å²) >= 11 is 0. The molecule has 0 aromatic heterocycles. The molecule has 1 fully saturated rings. The largest absolute Gasteiger partial charge is 0.392 e. The topological polar surface area (TPSA) is 23.5 Å². The lowest BCUT2D eigenvalue weighted by molar-refractivity contribution is 0.0814. The van der Waals surface area contributed by atoms with Gasteiger partial charge in [-0.2, -0.15) is 0 Å². The Bertz CT molecular complexity index is 136. The van der Waals surface area contributed by atoms with Crippen LogP contribution in [0.4, 0.5) is 0 Å². The predicted molar refractivity (Wildman–Crippen MR) is 62.2 cm³/mol. The fraction of sp³-hybridized carbons (Fsp3) is 1.00. The van der Waals surface area contributed by atoms with Crippen molar-refractivity contribution < 1.29 is 5.11 Å². The number of β-amino-alcohol motifs (C(OH)–C–C–N with tert-alkyl or cyclic N) is 1. The van der Waals surface area contributed by atoms with E-state index in [1.807, 2.05) is 21.6 Å². The van der Waals surface area contributed by atoms with Crippen molar-refractivity contribution in [3.63, 3.8) is 0 Å². The smallest absolute Gasteiger partial charge is 0.0689 e. The molecule has 1 atom stereocenters. The maximum Gasteiger partial charge on any atom is 0.0689 e. The van der Waals surface area contributed by atoms with Crippen LogP contribution in [0.1, 0.15) is 13.8 Å². The molecule has 0 aliphatic carbocycles. The first-order valence-corrected chi connectivity index (χ1v) is 7.34. The molecule has 1 saturated heterocycles. The van der Waals surface area contributed by atoms with E-state index < -0.39 is 0 Å². The van der Waals surface area contributed by atoms with E-state index in [-0.39, 0.29) is 6.10 Å². The molecule has 0 amide bonds. The molecule has 1 N–H and O–H groups in total. The molecule has 1 aliphatic heterocycles. The molecular formula is C9H19NOS2. The number of rotatable bonds is 3. The van der Waals surface area contributed by atoms with Crippen LogP contribution in [-0.4, -0.2) is 47.3 Å². The standard InChI is InChI=1S/C9H19NOS2/c1-8(2)9(11)7-10-3-5-12-13-6-4-10/h8-9,11H,3-7H2,1-2H3. The van der Waals surface area contributed by atoms with E-state index in [0.717, 1.165) is 19.6 Å². The summed E-state index contributed by atoms with van der Waals surface area (Å²) in [6.07, 6.45) is -0.159. The van der Waals surface area contributed by atoms with Crippen molar-refractivity contribution in [1.29, 1.82) is 0 Å². The monoisotopic (exact) mass is 221 g/mol. The first kappa shape index (κ1) is 11.7. The summed E-state index contributed by atoms with van der Waals surface area (Å²) in [5.74, 6) is 2.76. The van der Waals surface area contributed by atoms with Crippen LogP contribution < -0.4 is 0 Å². The van der Waals surface area contributed by atoms with Crippen LogP contribution in [-0.2, 0) is 0 Å². The summed E-state index contributed by atoms with van der Waals surface area (Å²) in [6, 6.07) is 0. The summed E-state index contributed by atoms with van der Waals surface area (Å²) in [5, 5.41) is 9.72. The van der Waals surface area contributed by atoms with E-state index >= 15 is 0 Å². The van der Waals surface area contributed by atoms with Crippen molar-refractivity contribution in [1.82, 2.24) is 4.90 Å². The van der Waals surface area contributed by atoms with Gasteiger partial charge in [0.2, 0.25) is 0 Å². The van der Waals surface area contributed by atoms with Gasteiger partial charge in [0.15, 0.2) is 0 Å². The third-order valence-corrected chi connectivity index (χ3v) is 4.64. The third kappa shape index (κ3) is 4.58. The maximum atomic E-state index is 9.72. The number of aliphatic hydroxyl groups is 1. The molecule has 1 aliphatic rings. The molecule has 0 saturated carbocycles. The highest BCUT2D eigenvalue weighted by Gasteiger charge is 2.16. The van der Waals surface area contributed by atoms with Gasteiger partial charge >= 0.3 is 0 Å². The number of hydrogen-bond acceptors (Lipinski definition) is 4. The van der Waals surface area contributed by atoms with Crippen molar-refractivity contribution >= 4 is 21.6 Å². The van der Waals surface area contributed by atoms with E-state index in [9.17, 15) is 5.11 Å². The molecule has 0 bridgehead atoms. The second-order valence-electron chi connectivity index (χ2n) is 3.76. The molecule has 0 radical (unpaired) electrons. The Morgan fingerprint density at radius 3 is 2.23 bits per heavy atom. The fourth-order valence-electron chi connectivity index (χ4n) is 1.22.